The summed E-state index contributed by atoms with van der Waals surface area (Å²) >= 11 is 0. The van der Waals surface area contributed by atoms with Crippen LogP contribution in [0.3, 0.4) is 0 Å². The molecule has 37 heavy (non-hydrogen) atoms. The molecule has 1 N–H and O–H groups in total. The normalized spacial score (nSPS) is 48.7. The fourth-order valence-corrected chi connectivity index (χ4v) is 9.06. The first kappa shape index (κ1) is 25.1. The molecule has 1 spiro atoms. The van der Waals surface area contributed by atoms with Gasteiger partial charge in [0.25, 0.3) is 0 Å². The molecular formula is C30H38O7. The second-order valence-corrected chi connectivity index (χ2v) is 12.8. The Kier molecular flexibility index (Phi) is 5.19. The van der Waals surface area contributed by atoms with Crippen molar-refractivity contribution < 1.29 is 33.7 Å². The molecule has 10 unspecified atom stereocenters. The molecule has 0 bridgehead atoms. The Morgan fingerprint density at radius 1 is 1.22 bits per heavy atom. The maximum atomic E-state index is 13.4. The predicted molar refractivity (Wildman–Crippen MR) is 134 cm³/mol. The van der Waals surface area contributed by atoms with Gasteiger partial charge in [0.2, 0.25) is 0 Å². The summed E-state index contributed by atoms with van der Waals surface area (Å²) in [6, 6.07) is 0. The van der Waals surface area contributed by atoms with Gasteiger partial charge in [-0.3, -0.25) is 9.59 Å². The Balaban J connectivity index is 1.41. The lowest BCUT2D eigenvalue weighted by Crippen LogP contribution is -2.68. The van der Waals surface area contributed by atoms with Gasteiger partial charge >= 0.3 is 11.9 Å². The summed E-state index contributed by atoms with van der Waals surface area (Å²) in [4.78, 5) is 38.2. The molecule has 4 aliphatic carbocycles. The maximum Gasteiger partial charge on any atom is 0.333 e. The quantitative estimate of drug-likeness (QED) is 0.348. The number of hydrogen-bond donors (Lipinski definition) is 1. The molecule has 0 aromatic carbocycles. The third-order valence-electron chi connectivity index (χ3n) is 11.5. The minimum Gasteiger partial charge on any atom is -0.458 e. The summed E-state index contributed by atoms with van der Waals surface area (Å²) in [6.07, 6.45) is 7.60. The van der Waals surface area contributed by atoms with Crippen molar-refractivity contribution in [3.63, 3.8) is 0 Å². The average molecular weight is 511 g/mol. The molecule has 200 valence electrons. The summed E-state index contributed by atoms with van der Waals surface area (Å²) in [7, 11) is 0. The number of aliphatic hydroxyl groups is 1. The van der Waals surface area contributed by atoms with Crippen LogP contribution in [0.5, 0.6) is 0 Å². The highest BCUT2D eigenvalue weighted by Crippen LogP contribution is 2.73. The lowest BCUT2D eigenvalue weighted by molar-refractivity contribution is -0.221. The standard InChI is InChI=1S/C30H38O7/c1-15-12-22(36-26(33)16(15)2)17(3)20-13-25(35-18(4)31)30(34)21-14-24-29(37-24)10-7-8-23(32)28(29,6)19(21)9-11-27(20,30)5/h7-8,13,17,19,21-22,24-25,34H,9-12,14H2,1-6H3. The lowest BCUT2D eigenvalue weighted by Gasteiger charge is -2.61. The smallest absolute Gasteiger partial charge is 0.333 e. The van der Waals surface area contributed by atoms with E-state index in [2.05, 4.69) is 6.92 Å². The summed E-state index contributed by atoms with van der Waals surface area (Å²) in [5, 5.41) is 12.8. The molecule has 0 aromatic rings. The van der Waals surface area contributed by atoms with Crippen molar-refractivity contribution in [3.8, 4) is 0 Å². The third-order valence-corrected chi connectivity index (χ3v) is 11.5. The van der Waals surface area contributed by atoms with Gasteiger partial charge in [-0.05, 0) is 70.4 Å². The molecule has 1 saturated heterocycles. The van der Waals surface area contributed by atoms with Gasteiger partial charge in [0.1, 0.15) is 23.4 Å². The van der Waals surface area contributed by atoms with Gasteiger partial charge in [-0.25, -0.2) is 4.79 Å². The molecule has 7 nitrogen and oxygen atoms in total. The van der Waals surface area contributed by atoms with E-state index in [0.29, 0.717) is 31.3 Å². The van der Waals surface area contributed by atoms with E-state index in [0.717, 1.165) is 17.6 Å². The first-order chi connectivity index (χ1) is 17.3. The number of allylic oxidation sites excluding steroid dienone is 1. The zero-order valence-corrected chi connectivity index (χ0v) is 22.6. The Bertz CT molecular complexity index is 1200. The van der Waals surface area contributed by atoms with E-state index >= 15 is 0 Å². The largest absolute Gasteiger partial charge is 0.458 e. The molecule has 0 aromatic heterocycles. The Morgan fingerprint density at radius 3 is 2.62 bits per heavy atom. The number of rotatable bonds is 3. The number of epoxide rings is 1. The van der Waals surface area contributed by atoms with Crippen LogP contribution in [0.2, 0.25) is 0 Å². The highest BCUT2D eigenvalue weighted by molar-refractivity contribution is 5.98. The zero-order valence-electron chi connectivity index (χ0n) is 22.6. The van der Waals surface area contributed by atoms with Gasteiger partial charge < -0.3 is 19.3 Å². The first-order valence-electron chi connectivity index (χ1n) is 13.7. The van der Waals surface area contributed by atoms with E-state index in [-0.39, 0.29) is 41.7 Å². The Labute approximate surface area is 218 Å². The van der Waals surface area contributed by atoms with Gasteiger partial charge in [-0.1, -0.05) is 31.1 Å². The number of carbonyl (C=O) groups excluding carboxylic acids is 3. The minimum absolute atomic E-state index is 0.0680. The van der Waals surface area contributed by atoms with Crippen LogP contribution < -0.4 is 0 Å². The third kappa shape index (κ3) is 2.93. The molecule has 2 heterocycles. The number of ether oxygens (including phenoxy) is 3. The molecule has 2 aliphatic heterocycles. The maximum absolute atomic E-state index is 13.4. The number of esters is 2. The van der Waals surface area contributed by atoms with Crippen molar-refractivity contribution in [2.75, 3.05) is 0 Å². The SMILES string of the molecule is CC(=O)OC1C=C(C(C)C2CC(C)=C(C)C(=O)O2)C2(C)CCC3C(CC4OC45CC=CC(=O)C35C)C12O. The van der Waals surface area contributed by atoms with E-state index in [1.165, 1.54) is 6.92 Å². The van der Waals surface area contributed by atoms with E-state index in [4.69, 9.17) is 14.2 Å². The van der Waals surface area contributed by atoms with Crippen molar-refractivity contribution in [1.82, 2.24) is 0 Å². The van der Waals surface area contributed by atoms with Gasteiger partial charge in [0, 0.05) is 30.3 Å². The monoisotopic (exact) mass is 510 g/mol. The van der Waals surface area contributed by atoms with Crippen molar-refractivity contribution in [3.05, 3.63) is 34.9 Å². The molecule has 3 fully saturated rings. The molecule has 6 rings (SSSR count). The Morgan fingerprint density at radius 2 is 1.95 bits per heavy atom. The van der Waals surface area contributed by atoms with E-state index in [1.54, 1.807) is 13.0 Å². The summed E-state index contributed by atoms with van der Waals surface area (Å²) < 4.78 is 18.0. The van der Waals surface area contributed by atoms with Crippen LogP contribution in [-0.2, 0) is 28.6 Å². The van der Waals surface area contributed by atoms with Crippen LogP contribution >= 0.6 is 0 Å². The predicted octanol–water partition coefficient (Wildman–Crippen LogP) is 3.99. The fourth-order valence-electron chi connectivity index (χ4n) is 9.06. The number of ketones is 1. The topological polar surface area (TPSA) is 102 Å². The van der Waals surface area contributed by atoms with E-state index < -0.39 is 34.1 Å². The fraction of sp³-hybridized carbons (Fsp3) is 0.700. The van der Waals surface area contributed by atoms with Gasteiger partial charge in [0.15, 0.2) is 5.78 Å². The highest BCUT2D eigenvalue weighted by Gasteiger charge is 2.80. The summed E-state index contributed by atoms with van der Waals surface area (Å²) in [5.74, 6) is -1.24. The minimum atomic E-state index is -1.40. The summed E-state index contributed by atoms with van der Waals surface area (Å²) in [6.45, 7) is 11.2. The molecule has 0 radical (unpaired) electrons. The van der Waals surface area contributed by atoms with Crippen LogP contribution in [0.25, 0.3) is 0 Å². The van der Waals surface area contributed by atoms with Gasteiger partial charge in [-0.2, -0.15) is 0 Å². The second kappa shape index (κ2) is 7.66. The first-order valence-corrected chi connectivity index (χ1v) is 13.7. The molecule has 6 aliphatic rings. The van der Waals surface area contributed by atoms with E-state index in [9.17, 15) is 19.5 Å². The van der Waals surface area contributed by atoms with Crippen molar-refractivity contribution in [1.29, 1.82) is 0 Å². The van der Waals surface area contributed by atoms with Crippen LogP contribution in [-0.4, -0.2) is 52.3 Å². The second-order valence-electron chi connectivity index (χ2n) is 12.8. The zero-order chi connectivity index (χ0) is 26.7. The molecule has 7 heteroatoms. The van der Waals surface area contributed by atoms with Crippen molar-refractivity contribution in [2.45, 2.75) is 103 Å². The number of fused-ring (bicyclic) bond motifs is 4. The van der Waals surface area contributed by atoms with Crippen molar-refractivity contribution in [2.24, 2.45) is 28.6 Å². The lowest BCUT2D eigenvalue weighted by atomic mass is 9.43. The van der Waals surface area contributed by atoms with Crippen LogP contribution in [0.1, 0.15) is 73.6 Å². The number of cyclic esters (lactones) is 1. The Hall–Kier alpha value is -2.25. The highest BCUT2D eigenvalue weighted by atomic mass is 16.6. The summed E-state index contributed by atoms with van der Waals surface area (Å²) in [5.41, 5.74) is -0.673. The molecule has 0 amide bonds. The van der Waals surface area contributed by atoms with Gasteiger partial charge in [0.05, 0.1) is 11.5 Å². The molecule has 2 saturated carbocycles. The average Bonchev–Trinajstić information content (AvgIpc) is 3.49. The number of hydrogen-bond acceptors (Lipinski definition) is 7. The van der Waals surface area contributed by atoms with Crippen LogP contribution in [0.4, 0.5) is 0 Å². The molecular weight excluding hydrogens is 472 g/mol. The van der Waals surface area contributed by atoms with E-state index in [1.807, 2.05) is 32.9 Å². The number of carbonyl (C=O) groups is 3. The van der Waals surface area contributed by atoms with Crippen LogP contribution in [0, 0.1) is 28.6 Å². The van der Waals surface area contributed by atoms with Crippen molar-refractivity contribution >= 4 is 17.7 Å². The van der Waals surface area contributed by atoms with Crippen LogP contribution in [0.15, 0.2) is 34.9 Å². The molecule has 10 atom stereocenters. The van der Waals surface area contributed by atoms with Gasteiger partial charge in [-0.15, -0.1) is 0 Å².